The van der Waals surface area contributed by atoms with Gasteiger partial charge in [0.15, 0.2) is 0 Å². The molecule has 0 aromatic carbocycles. The summed E-state index contributed by atoms with van der Waals surface area (Å²) in [4.78, 5) is 0. The first kappa shape index (κ1) is 11.8. The lowest BCUT2D eigenvalue weighted by molar-refractivity contribution is 1.21. The van der Waals surface area contributed by atoms with Crippen LogP contribution in [0.1, 0.15) is 27.7 Å². The topological polar surface area (TPSA) is 26.0 Å². The van der Waals surface area contributed by atoms with E-state index in [1.54, 1.807) is 0 Å². The van der Waals surface area contributed by atoms with E-state index in [0.717, 1.165) is 22.4 Å². The highest BCUT2D eigenvalue weighted by atomic mass is 14.6. The Morgan fingerprint density at radius 3 is 2.08 bits per heavy atom. The molecular formula is C12H19N. The van der Waals surface area contributed by atoms with Crippen LogP contribution in [0.4, 0.5) is 0 Å². The van der Waals surface area contributed by atoms with E-state index in [0.29, 0.717) is 0 Å². The van der Waals surface area contributed by atoms with E-state index in [-0.39, 0.29) is 0 Å². The van der Waals surface area contributed by atoms with Gasteiger partial charge in [0, 0.05) is 5.70 Å². The van der Waals surface area contributed by atoms with Gasteiger partial charge in [0.25, 0.3) is 0 Å². The van der Waals surface area contributed by atoms with Crippen LogP contribution in [-0.4, -0.2) is 0 Å². The quantitative estimate of drug-likeness (QED) is 0.657. The van der Waals surface area contributed by atoms with Gasteiger partial charge in [-0.25, -0.2) is 0 Å². The first-order valence-corrected chi connectivity index (χ1v) is 4.42. The van der Waals surface area contributed by atoms with Gasteiger partial charge in [0.1, 0.15) is 0 Å². The SMILES string of the molecule is C=C(C)/C=C(\C=C/C)C(/C)=C(/C)N. The Kier molecular flexibility index (Phi) is 4.90. The normalized spacial score (nSPS) is 14.6. The number of rotatable bonds is 3. The van der Waals surface area contributed by atoms with Gasteiger partial charge in [-0.1, -0.05) is 30.4 Å². The Hall–Kier alpha value is -1.24. The highest BCUT2D eigenvalue weighted by Gasteiger charge is 1.97. The molecule has 2 N–H and O–H groups in total. The summed E-state index contributed by atoms with van der Waals surface area (Å²) < 4.78 is 0. The van der Waals surface area contributed by atoms with Crippen molar-refractivity contribution in [1.82, 2.24) is 0 Å². The molecule has 0 aromatic heterocycles. The van der Waals surface area contributed by atoms with Crippen LogP contribution in [0.2, 0.25) is 0 Å². The van der Waals surface area contributed by atoms with Crippen molar-refractivity contribution in [2.24, 2.45) is 5.73 Å². The lowest BCUT2D eigenvalue weighted by atomic mass is 10.0. The highest BCUT2D eigenvalue weighted by Crippen LogP contribution is 2.15. The average molecular weight is 177 g/mol. The lowest BCUT2D eigenvalue weighted by Crippen LogP contribution is -1.97. The molecule has 1 heteroatoms. The van der Waals surface area contributed by atoms with E-state index in [4.69, 9.17) is 5.73 Å². The minimum atomic E-state index is 0.852. The van der Waals surface area contributed by atoms with Crippen molar-refractivity contribution >= 4 is 0 Å². The molecule has 0 aliphatic rings. The summed E-state index contributed by atoms with van der Waals surface area (Å²) in [6, 6.07) is 0. The van der Waals surface area contributed by atoms with Crippen LogP contribution in [0.25, 0.3) is 0 Å². The first-order chi connectivity index (χ1) is 5.99. The van der Waals surface area contributed by atoms with Crippen molar-refractivity contribution in [3.05, 3.63) is 47.2 Å². The number of allylic oxidation sites excluding steroid dienone is 7. The maximum absolute atomic E-state index is 5.72. The summed E-state index contributed by atoms with van der Waals surface area (Å²) in [7, 11) is 0. The van der Waals surface area contributed by atoms with Gasteiger partial charge in [-0.2, -0.15) is 0 Å². The van der Waals surface area contributed by atoms with Gasteiger partial charge >= 0.3 is 0 Å². The van der Waals surface area contributed by atoms with E-state index in [2.05, 4.69) is 6.58 Å². The van der Waals surface area contributed by atoms with Crippen LogP contribution in [0.3, 0.4) is 0 Å². The Morgan fingerprint density at radius 2 is 1.77 bits per heavy atom. The Morgan fingerprint density at radius 1 is 1.23 bits per heavy atom. The molecule has 0 bridgehead atoms. The van der Waals surface area contributed by atoms with Crippen LogP contribution in [0.5, 0.6) is 0 Å². The van der Waals surface area contributed by atoms with Crippen LogP contribution < -0.4 is 5.73 Å². The molecule has 0 unspecified atom stereocenters. The first-order valence-electron chi connectivity index (χ1n) is 4.42. The van der Waals surface area contributed by atoms with Gasteiger partial charge in [-0.3, -0.25) is 0 Å². The molecule has 13 heavy (non-hydrogen) atoms. The minimum absolute atomic E-state index is 0.852. The van der Waals surface area contributed by atoms with Crippen molar-refractivity contribution in [1.29, 1.82) is 0 Å². The summed E-state index contributed by atoms with van der Waals surface area (Å²) in [5.41, 5.74) is 9.85. The van der Waals surface area contributed by atoms with E-state index in [9.17, 15) is 0 Å². The zero-order valence-corrected chi connectivity index (χ0v) is 9.02. The van der Waals surface area contributed by atoms with Crippen LogP contribution >= 0.6 is 0 Å². The molecule has 0 aliphatic heterocycles. The third-order valence-corrected chi connectivity index (χ3v) is 1.77. The molecule has 1 nitrogen and oxygen atoms in total. The summed E-state index contributed by atoms with van der Waals surface area (Å²) >= 11 is 0. The van der Waals surface area contributed by atoms with E-state index in [1.165, 1.54) is 0 Å². The van der Waals surface area contributed by atoms with Gasteiger partial charge in [0.05, 0.1) is 0 Å². The number of hydrogen-bond acceptors (Lipinski definition) is 1. The van der Waals surface area contributed by atoms with Gasteiger partial charge in [0.2, 0.25) is 0 Å². The third-order valence-electron chi connectivity index (χ3n) is 1.77. The fraction of sp³-hybridized carbons (Fsp3) is 0.333. The molecule has 0 aliphatic carbocycles. The second-order valence-corrected chi connectivity index (χ2v) is 3.25. The van der Waals surface area contributed by atoms with Gasteiger partial charge in [-0.15, -0.1) is 0 Å². The molecule has 0 saturated carbocycles. The van der Waals surface area contributed by atoms with Gasteiger partial charge in [-0.05, 0) is 38.8 Å². The lowest BCUT2D eigenvalue weighted by Gasteiger charge is -2.05. The molecule has 0 aromatic rings. The fourth-order valence-electron chi connectivity index (χ4n) is 0.954. The molecule has 0 spiro atoms. The van der Waals surface area contributed by atoms with Crippen molar-refractivity contribution < 1.29 is 0 Å². The summed E-state index contributed by atoms with van der Waals surface area (Å²) in [5, 5.41) is 0. The molecule has 0 fully saturated rings. The largest absolute Gasteiger partial charge is 0.402 e. The fourth-order valence-corrected chi connectivity index (χ4v) is 0.954. The highest BCUT2D eigenvalue weighted by molar-refractivity contribution is 5.43. The second kappa shape index (κ2) is 5.41. The number of hydrogen-bond donors (Lipinski definition) is 1. The third kappa shape index (κ3) is 4.36. The molecule has 0 radical (unpaired) electrons. The summed E-state index contributed by atoms with van der Waals surface area (Å²) in [6.07, 6.45) is 6.08. The maximum atomic E-state index is 5.72. The van der Waals surface area contributed by atoms with Crippen LogP contribution in [0, 0.1) is 0 Å². The van der Waals surface area contributed by atoms with Crippen molar-refractivity contribution in [3.8, 4) is 0 Å². The molecule has 72 valence electrons. The number of nitrogens with two attached hydrogens (primary N) is 1. The maximum Gasteiger partial charge on any atom is 0.00846 e. The molecule has 0 amide bonds. The van der Waals surface area contributed by atoms with Crippen LogP contribution in [0.15, 0.2) is 47.2 Å². The van der Waals surface area contributed by atoms with E-state index in [1.807, 2.05) is 45.9 Å². The Balaban J connectivity index is 5.05. The zero-order chi connectivity index (χ0) is 10.4. The predicted molar refractivity (Wildman–Crippen MR) is 60.3 cm³/mol. The molecule has 0 atom stereocenters. The Labute approximate surface area is 81.3 Å². The van der Waals surface area contributed by atoms with E-state index < -0.39 is 0 Å². The predicted octanol–water partition coefficient (Wildman–Crippen LogP) is 3.32. The second-order valence-electron chi connectivity index (χ2n) is 3.25. The van der Waals surface area contributed by atoms with Crippen molar-refractivity contribution in [2.45, 2.75) is 27.7 Å². The summed E-state index contributed by atoms with van der Waals surface area (Å²) in [6.45, 7) is 11.7. The van der Waals surface area contributed by atoms with Crippen molar-refractivity contribution in [2.75, 3.05) is 0 Å². The Bertz CT molecular complexity index is 273. The average Bonchev–Trinajstić information content (AvgIpc) is 2.01. The minimum Gasteiger partial charge on any atom is -0.402 e. The zero-order valence-electron chi connectivity index (χ0n) is 9.02. The monoisotopic (exact) mass is 177 g/mol. The van der Waals surface area contributed by atoms with Crippen molar-refractivity contribution in [3.63, 3.8) is 0 Å². The molecule has 0 rings (SSSR count). The molecule has 0 heterocycles. The molecular weight excluding hydrogens is 158 g/mol. The van der Waals surface area contributed by atoms with E-state index >= 15 is 0 Å². The standard InChI is InChI=1S/C12H19N/c1-6-7-12(8-9(2)3)10(4)11(5)13/h6-8H,2,13H2,1,3-5H3/b7-6-,11-10-,12-8+. The smallest absolute Gasteiger partial charge is 0.00846 e. The summed E-state index contributed by atoms with van der Waals surface area (Å²) in [5.74, 6) is 0. The van der Waals surface area contributed by atoms with Crippen LogP contribution in [-0.2, 0) is 0 Å². The molecule has 0 saturated heterocycles. The van der Waals surface area contributed by atoms with Gasteiger partial charge < -0.3 is 5.73 Å².